The van der Waals surface area contributed by atoms with Crippen molar-refractivity contribution in [1.29, 1.82) is 0 Å². The van der Waals surface area contributed by atoms with Gasteiger partial charge in [-0.1, -0.05) is 0 Å². The third-order valence-electron chi connectivity index (χ3n) is 3.83. The van der Waals surface area contributed by atoms with Crippen molar-refractivity contribution in [3.8, 4) is 0 Å². The predicted octanol–water partition coefficient (Wildman–Crippen LogP) is 1.64. The maximum absolute atomic E-state index is 12.6. The van der Waals surface area contributed by atoms with Crippen LogP contribution in [0.5, 0.6) is 0 Å². The van der Waals surface area contributed by atoms with Crippen LogP contribution in [0.4, 0.5) is 19.0 Å². The van der Waals surface area contributed by atoms with Crippen LogP contribution in [0.15, 0.2) is 30.4 Å². The molecule has 0 aliphatic carbocycles. The number of aromatic nitrogens is 1. The molecule has 6 nitrogen and oxygen atoms in total. The molecule has 0 saturated carbocycles. The molecule has 2 aliphatic heterocycles. The van der Waals surface area contributed by atoms with Crippen LogP contribution in [0.25, 0.3) is 0 Å². The SMILES string of the molecule is O=C(C1=COCCO1)N1CCN(c2ccc(C(F)(F)F)cn2)CC1. The number of carbonyl (C=O) groups is 1. The number of hydrogen-bond donors (Lipinski definition) is 0. The average molecular weight is 343 g/mol. The molecule has 0 aromatic carbocycles. The number of pyridine rings is 1. The smallest absolute Gasteiger partial charge is 0.417 e. The molecule has 1 amide bonds. The fourth-order valence-electron chi connectivity index (χ4n) is 2.52. The number of ether oxygens (including phenoxy) is 2. The van der Waals surface area contributed by atoms with E-state index in [0.717, 1.165) is 12.3 Å². The number of hydrogen-bond acceptors (Lipinski definition) is 5. The highest BCUT2D eigenvalue weighted by atomic mass is 19.4. The van der Waals surface area contributed by atoms with Gasteiger partial charge in [0.1, 0.15) is 25.3 Å². The summed E-state index contributed by atoms with van der Waals surface area (Å²) in [4.78, 5) is 19.6. The third-order valence-corrected chi connectivity index (χ3v) is 3.83. The van der Waals surface area contributed by atoms with Gasteiger partial charge in [0.15, 0.2) is 0 Å². The lowest BCUT2D eigenvalue weighted by Crippen LogP contribution is -2.49. The van der Waals surface area contributed by atoms with Gasteiger partial charge in [-0.25, -0.2) is 4.98 Å². The summed E-state index contributed by atoms with van der Waals surface area (Å²) >= 11 is 0. The summed E-state index contributed by atoms with van der Waals surface area (Å²) in [5.41, 5.74) is -0.776. The molecule has 1 saturated heterocycles. The molecule has 130 valence electrons. The minimum absolute atomic E-state index is 0.183. The Morgan fingerprint density at radius 3 is 2.42 bits per heavy atom. The number of halogens is 3. The molecule has 0 N–H and O–H groups in total. The molecule has 9 heteroatoms. The second-order valence-electron chi connectivity index (χ2n) is 5.38. The van der Waals surface area contributed by atoms with Crippen molar-refractivity contribution in [2.75, 3.05) is 44.3 Å². The van der Waals surface area contributed by atoms with Crippen LogP contribution in [-0.2, 0) is 20.4 Å². The lowest BCUT2D eigenvalue weighted by molar-refractivity contribution is -0.138. The normalized spacial score (nSPS) is 18.5. The van der Waals surface area contributed by atoms with E-state index in [4.69, 9.17) is 9.47 Å². The van der Waals surface area contributed by atoms with Gasteiger partial charge in [-0.3, -0.25) is 4.79 Å². The molecule has 0 atom stereocenters. The van der Waals surface area contributed by atoms with Gasteiger partial charge in [0.05, 0.1) is 5.56 Å². The highest BCUT2D eigenvalue weighted by molar-refractivity contribution is 5.91. The van der Waals surface area contributed by atoms with E-state index in [2.05, 4.69) is 4.98 Å². The Kier molecular flexibility index (Phi) is 4.50. The summed E-state index contributed by atoms with van der Waals surface area (Å²) in [5.74, 6) is 0.406. The van der Waals surface area contributed by atoms with Crippen molar-refractivity contribution < 1.29 is 27.4 Å². The first kappa shape index (κ1) is 16.4. The number of rotatable bonds is 2. The molecule has 1 fully saturated rings. The summed E-state index contributed by atoms with van der Waals surface area (Å²) < 4.78 is 48.0. The highest BCUT2D eigenvalue weighted by Crippen LogP contribution is 2.29. The summed E-state index contributed by atoms with van der Waals surface area (Å²) in [5, 5.41) is 0. The Morgan fingerprint density at radius 1 is 1.12 bits per heavy atom. The Bertz CT molecular complexity index is 623. The van der Waals surface area contributed by atoms with E-state index in [1.807, 2.05) is 4.90 Å². The van der Waals surface area contributed by atoms with E-state index >= 15 is 0 Å². The zero-order valence-corrected chi connectivity index (χ0v) is 12.8. The van der Waals surface area contributed by atoms with Crippen LogP contribution >= 0.6 is 0 Å². The second kappa shape index (κ2) is 6.58. The maximum Gasteiger partial charge on any atom is 0.417 e. The Balaban J connectivity index is 1.58. The van der Waals surface area contributed by atoms with Gasteiger partial charge in [0.25, 0.3) is 5.91 Å². The average Bonchev–Trinajstić information content (AvgIpc) is 2.61. The molecule has 0 bridgehead atoms. The number of nitrogens with zero attached hydrogens (tertiary/aromatic N) is 3. The first-order valence-corrected chi connectivity index (χ1v) is 7.47. The fourth-order valence-corrected chi connectivity index (χ4v) is 2.52. The van der Waals surface area contributed by atoms with Crippen molar-refractivity contribution in [3.05, 3.63) is 35.9 Å². The van der Waals surface area contributed by atoms with E-state index < -0.39 is 11.7 Å². The van der Waals surface area contributed by atoms with Crippen LogP contribution in [-0.4, -0.2) is 55.2 Å². The van der Waals surface area contributed by atoms with Crippen molar-refractivity contribution in [3.63, 3.8) is 0 Å². The Hall–Kier alpha value is -2.45. The van der Waals surface area contributed by atoms with E-state index in [1.165, 1.54) is 12.3 Å². The number of piperazine rings is 1. The van der Waals surface area contributed by atoms with Crippen LogP contribution in [0, 0.1) is 0 Å². The first-order chi connectivity index (χ1) is 11.4. The number of carbonyl (C=O) groups excluding carboxylic acids is 1. The number of alkyl halides is 3. The van der Waals surface area contributed by atoms with Crippen LogP contribution < -0.4 is 4.90 Å². The van der Waals surface area contributed by atoms with Gasteiger partial charge in [0, 0.05) is 32.4 Å². The fraction of sp³-hybridized carbons (Fsp3) is 0.467. The maximum atomic E-state index is 12.6. The molecule has 0 unspecified atom stereocenters. The van der Waals surface area contributed by atoms with Crippen molar-refractivity contribution in [2.45, 2.75) is 6.18 Å². The summed E-state index contributed by atoms with van der Waals surface area (Å²) in [6.45, 7) is 2.60. The predicted molar refractivity (Wildman–Crippen MR) is 78.0 cm³/mol. The quantitative estimate of drug-likeness (QED) is 0.817. The molecule has 3 heterocycles. The van der Waals surface area contributed by atoms with Gasteiger partial charge < -0.3 is 19.3 Å². The molecule has 2 aliphatic rings. The number of amides is 1. The zero-order chi connectivity index (χ0) is 17.2. The van der Waals surface area contributed by atoms with E-state index in [1.54, 1.807) is 4.90 Å². The lowest BCUT2D eigenvalue weighted by Gasteiger charge is -2.35. The van der Waals surface area contributed by atoms with Gasteiger partial charge in [-0.2, -0.15) is 13.2 Å². The van der Waals surface area contributed by atoms with E-state index in [9.17, 15) is 18.0 Å². The molecule has 1 aromatic rings. The Morgan fingerprint density at radius 2 is 1.88 bits per heavy atom. The summed E-state index contributed by atoms with van der Waals surface area (Å²) in [7, 11) is 0. The van der Waals surface area contributed by atoms with Gasteiger partial charge in [-0.15, -0.1) is 0 Å². The zero-order valence-electron chi connectivity index (χ0n) is 12.8. The molecule has 0 spiro atoms. The molecule has 0 radical (unpaired) electrons. The molecule has 1 aromatic heterocycles. The molecule has 24 heavy (non-hydrogen) atoms. The largest absolute Gasteiger partial charge is 0.494 e. The summed E-state index contributed by atoms with van der Waals surface area (Å²) in [6.07, 6.45) is -2.26. The van der Waals surface area contributed by atoms with Crippen molar-refractivity contribution in [2.24, 2.45) is 0 Å². The topological polar surface area (TPSA) is 54.9 Å². The molecular weight excluding hydrogens is 327 g/mol. The first-order valence-electron chi connectivity index (χ1n) is 7.47. The standard InChI is InChI=1S/C15H16F3N3O3/c16-15(17,18)11-1-2-13(19-9-11)20-3-5-21(6-4-20)14(22)12-10-23-7-8-24-12/h1-2,9-10H,3-8H2. The van der Waals surface area contributed by atoms with E-state index in [-0.39, 0.29) is 11.7 Å². The van der Waals surface area contributed by atoms with Crippen LogP contribution in [0.2, 0.25) is 0 Å². The molecule has 3 rings (SSSR count). The second-order valence-corrected chi connectivity index (χ2v) is 5.38. The number of anilines is 1. The van der Waals surface area contributed by atoms with Crippen molar-refractivity contribution >= 4 is 11.7 Å². The van der Waals surface area contributed by atoms with Gasteiger partial charge >= 0.3 is 6.18 Å². The van der Waals surface area contributed by atoms with Gasteiger partial charge in [0.2, 0.25) is 5.76 Å². The van der Waals surface area contributed by atoms with E-state index in [0.29, 0.717) is 45.2 Å². The van der Waals surface area contributed by atoms with Crippen LogP contribution in [0.1, 0.15) is 5.56 Å². The lowest BCUT2D eigenvalue weighted by atomic mass is 10.2. The Labute approximate surface area is 136 Å². The monoisotopic (exact) mass is 343 g/mol. The highest BCUT2D eigenvalue weighted by Gasteiger charge is 2.31. The van der Waals surface area contributed by atoms with Crippen LogP contribution in [0.3, 0.4) is 0 Å². The third kappa shape index (κ3) is 3.55. The molecular formula is C15H16F3N3O3. The van der Waals surface area contributed by atoms with Crippen molar-refractivity contribution in [1.82, 2.24) is 9.88 Å². The minimum Gasteiger partial charge on any atom is -0.494 e. The summed E-state index contributed by atoms with van der Waals surface area (Å²) in [6, 6.07) is 2.36. The van der Waals surface area contributed by atoms with Gasteiger partial charge in [-0.05, 0) is 12.1 Å². The minimum atomic E-state index is -4.40.